The van der Waals surface area contributed by atoms with Gasteiger partial charge >= 0.3 is 5.97 Å². The Balaban J connectivity index is 1.64. The van der Waals surface area contributed by atoms with Crippen LogP contribution in [-0.2, 0) is 11.4 Å². The zero-order valence-electron chi connectivity index (χ0n) is 16.4. The predicted molar refractivity (Wildman–Crippen MR) is 116 cm³/mol. The number of hydrogen-bond donors (Lipinski definition) is 1. The highest BCUT2D eigenvalue weighted by Gasteiger charge is 2.11. The van der Waals surface area contributed by atoms with E-state index in [0.29, 0.717) is 16.3 Å². The van der Waals surface area contributed by atoms with E-state index < -0.39 is 10.9 Å². The molecule has 0 fully saturated rings. The number of carbonyl (C=O) groups excluding carboxylic acids is 1. The number of oxime groups is 1. The number of hydrogen-bond acceptors (Lipinski definition) is 6. The third kappa shape index (κ3) is 5.80. The van der Waals surface area contributed by atoms with Gasteiger partial charge in [-0.2, -0.15) is 0 Å². The van der Waals surface area contributed by atoms with Crippen molar-refractivity contribution < 1.29 is 19.3 Å². The minimum atomic E-state index is -0.708. The molecule has 0 aliphatic heterocycles. The number of halogens is 1. The van der Waals surface area contributed by atoms with Crippen molar-refractivity contribution in [2.24, 2.45) is 10.9 Å². The maximum Gasteiger partial charge on any atom is 0.365 e. The Hall–Kier alpha value is -3.91. The first kappa shape index (κ1) is 21.8. The van der Waals surface area contributed by atoms with E-state index in [2.05, 4.69) is 5.16 Å². The van der Waals surface area contributed by atoms with Gasteiger partial charge in [0.05, 0.1) is 15.5 Å². The summed E-state index contributed by atoms with van der Waals surface area (Å²) in [5.41, 5.74) is 8.10. The van der Waals surface area contributed by atoms with Crippen LogP contribution in [0.2, 0.25) is 5.02 Å². The van der Waals surface area contributed by atoms with Gasteiger partial charge in [-0.3, -0.25) is 10.1 Å². The Morgan fingerprint density at radius 2 is 1.84 bits per heavy atom. The fourth-order valence-electron chi connectivity index (χ4n) is 2.62. The number of nitrogens with two attached hydrogens (primary N) is 1. The number of benzene rings is 3. The van der Waals surface area contributed by atoms with Crippen molar-refractivity contribution in [3.63, 3.8) is 0 Å². The molecule has 3 rings (SSSR count). The van der Waals surface area contributed by atoms with Crippen LogP contribution in [0.3, 0.4) is 0 Å². The molecule has 31 heavy (non-hydrogen) atoms. The van der Waals surface area contributed by atoms with Crippen LogP contribution in [0.25, 0.3) is 0 Å². The Kier molecular flexibility index (Phi) is 6.84. The van der Waals surface area contributed by atoms with Crippen LogP contribution in [-0.4, -0.2) is 16.7 Å². The minimum Gasteiger partial charge on any atom is -0.487 e. The molecule has 0 heterocycles. The number of carbonyl (C=O) groups is 1. The van der Waals surface area contributed by atoms with Gasteiger partial charge in [0.1, 0.15) is 12.4 Å². The van der Waals surface area contributed by atoms with Crippen molar-refractivity contribution in [2.45, 2.75) is 13.5 Å². The Morgan fingerprint density at radius 3 is 2.55 bits per heavy atom. The van der Waals surface area contributed by atoms with Crippen molar-refractivity contribution >= 4 is 29.1 Å². The van der Waals surface area contributed by atoms with Crippen LogP contribution in [0.4, 0.5) is 5.69 Å². The third-order valence-corrected chi connectivity index (χ3v) is 4.56. The van der Waals surface area contributed by atoms with Gasteiger partial charge in [-0.05, 0) is 54.4 Å². The van der Waals surface area contributed by atoms with Gasteiger partial charge in [0.15, 0.2) is 5.84 Å². The predicted octanol–water partition coefficient (Wildman–Crippen LogP) is 4.61. The van der Waals surface area contributed by atoms with Gasteiger partial charge in [0.25, 0.3) is 5.69 Å². The molecular weight excluding hydrogens is 422 g/mol. The van der Waals surface area contributed by atoms with Gasteiger partial charge in [-0.15, -0.1) is 0 Å². The van der Waals surface area contributed by atoms with Crippen molar-refractivity contribution in [3.8, 4) is 5.75 Å². The summed E-state index contributed by atoms with van der Waals surface area (Å²) in [5, 5.41) is 14.8. The maximum absolute atomic E-state index is 12.3. The summed E-state index contributed by atoms with van der Waals surface area (Å²) in [7, 11) is 0. The van der Waals surface area contributed by atoms with E-state index in [1.807, 2.05) is 19.1 Å². The Morgan fingerprint density at radius 1 is 1.10 bits per heavy atom. The fraction of sp³-hybridized carbons (Fsp3) is 0.0909. The van der Waals surface area contributed by atoms with Crippen LogP contribution in [0.5, 0.6) is 5.75 Å². The molecule has 0 saturated heterocycles. The average molecular weight is 440 g/mol. The van der Waals surface area contributed by atoms with Gasteiger partial charge < -0.3 is 15.3 Å². The fourth-order valence-corrected chi connectivity index (χ4v) is 2.79. The number of aryl methyl sites for hydroxylation is 1. The van der Waals surface area contributed by atoms with E-state index >= 15 is 0 Å². The van der Waals surface area contributed by atoms with E-state index in [1.165, 1.54) is 24.3 Å². The molecule has 0 aliphatic rings. The second-order valence-electron chi connectivity index (χ2n) is 6.58. The molecule has 9 heteroatoms. The molecule has 3 aromatic rings. The highest BCUT2D eigenvalue weighted by Crippen LogP contribution is 2.26. The number of nitrogens with zero attached hydrogens (tertiary/aromatic N) is 2. The van der Waals surface area contributed by atoms with Gasteiger partial charge in [0, 0.05) is 17.7 Å². The normalized spacial score (nSPS) is 11.1. The van der Waals surface area contributed by atoms with Crippen LogP contribution in [0.15, 0.2) is 71.9 Å². The summed E-state index contributed by atoms with van der Waals surface area (Å²) in [5.74, 6) is -0.243. The molecule has 3 aromatic carbocycles. The summed E-state index contributed by atoms with van der Waals surface area (Å²) < 4.78 is 5.74. The molecule has 0 atom stereocenters. The van der Waals surface area contributed by atoms with Crippen LogP contribution < -0.4 is 10.5 Å². The van der Waals surface area contributed by atoms with Gasteiger partial charge in [0.2, 0.25) is 0 Å². The first-order chi connectivity index (χ1) is 14.8. The molecule has 158 valence electrons. The number of non-ortho nitro benzene ring substituents is 1. The number of rotatable bonds is 7. The van der Waals surface area contributed by atoms with Crippen molar-refractivity contribution in [1.82, 2.24) is 0 Å². The summed E-state index contributed by atoms with van der Waals surface area (Å²) in [4.78, 5) is 27.4. The minimum absolute atomic E-state index is 0.0838. The van der Waals surface area contributed by atoms with E-state index in [0.717, 1.165) is 11.1 Å². The Labute approximate surface area is 183 Å². The van der Waals surface area contributed by atoms with E-state index in [4.69, 9.17) is 26.9 Å². The van der Waals surface area contributed by atoms with E-state index in [-0.39, 0.29) is 23.7 Å². The highest BCUT2D eigenvalue weighted by atomic mass is 35.5. The van der Waals surface area contributed by atoms with Crippen molar-refractivity contribution in [1.29, 1.82) is 0 Å². The van der Waals surface area contributed by atoms with Crippen molar-refractivity contribution in [2.75, 3.05) is 0 Å². The van der Waals surface area contributed by atoms with Crippen molar-refractivity contribution in [3.05, 3.63) is 104 Å². The summed E-state index contributed by atoms with van der Waals surface area (Å²) in [6.07, 6.45) is 0. The SMILES string of the molecule is Cc1ccc(Cl)c(OCc2cccc(C(=O)O/N=C(\N)c3ccc([N+](=O)[O-])cc3)c2)c1. The second kappa shape index (κ2) is 9.73. The molecule has 0 saturated carbocycles. The molecule has 0 aliphatic carbocycles. The molecule has 0 radical (unpaired) electrons. The van der Waals surface area contributed by atoms with Crippen LogP contribution in [0.1, 0.15) is 27.0 Å². The summed E-state index contributed by atoms with van der Waals surface area (Å²) >= 11 is 6.13. The first-order valence-electron chi connectivity index (χ1n) is 9.11. The number of amidine groups is 1. The average Bonchev–Trinajstić information content (AvgIpc) is 2.78. The highest BCUT2D eigenvalue weighted by molar-refractivity contribution is 6.32. The largest absolute Gasteiger partial charge is 0.487 e. The molecule has 0 unspecified atom stereocenters. The monoisotopic (exact) mass is 439 g/mol. The number of nitro groups is 1. The molecule has 0 spiro atoms. The zero-order chi connectivity index (χ0) is 22.4. The molecule has 0 bridgehead atoms. The van der Waals surface area contributed by atoms with E-state index in [9.17, 15) is 14.9 Å². The summed E-state index contributed by atoms with van der Waals surface area (Å²) in [6, 6.07) is 17.5. The number of ether oxygens (including phenoxy) is 1. The maximum atomic E-state index is 12.3. The summed E-state index contributed by atoms with van der Waals surface area (Å²) in [6.45, 7) is 2.14. The molecule has 8 nitrogen and oxygen atoms in total. The lowest BCUT2D eigenvalue weighted by Gasteiger charge is -2.09. The molecule has 0 amide bonds. The Bertz CT molecular complexity index is 1150. The lowest BCUT2D eigenvalue weighted by Crippen LogP contribution is -2.15. The first-order valence-corrected chi connectivity index (χ1v) is 9.49. The standard InChI is InChI=1S/C22H18ClN3O5/c1-14-5-10-19(23)20(11-14)30-13-15-3-2-4-17(12-15)22(27)31-25-21(24)16-6-8-18(9-7-16)26(28)29/h2-12H,13H2,1H3,(H2,24,25). The van der Waals surface area contributed by atoms with Gasteiger partial charge in [-0.25, -0.2) is 4.79 Å². The molecular formula is C22H18ClN3O5. The zero-order valence-corrected chi connectivity index (χ0v) is 17.2. The topological polar surface area (TPSA) is 117 Å². The smallest absolute Gasteiger partial charge is 0.365 e. The second-order valence-corrected chi connectivity index (χ2v) is 6.99. The molecule has 0 aromatic heterocycles. The number of nitro benzene ring substituents is 1. The third-order valence-electron chi connectivity index (χ3n) is 4.24. The quantitative estimate of drug-likeness (QED) is 0.189. The van der Waals surface area contributed by atoms with Crippen LogP contribution in [0, 0.1) is 17.0 Å². The lowest BCUT2D eigenvalue weighted by molar-refractivity contribution is -0.384. The molecule has 2 N–H and O–H groups in total. The lowest BCUT2D eigenvalue weighted by atomic mass is 10.1. The van der Waals surface area contributed by atoms with Gasteiger partial charge in [-0.1, -0.05) is 35.0 Å². The van der Waals surface area contributed by atoms with E-state index in [1.54, 1.807) is 30.3 Å². The van der Waals surface area contributed by atoms with Crippen LogP contribution >= 0.6 is 11.6 Å².